The molecule has 0 aliphatic rings. The maximum Gasteiger partial charge on any atom is 0.261 e. The molecule has 2 atom stereocenters. The fourth-order valence-electron chi connectivity index (χ4n) is 4.82. The highest BCUT2D eigenvalue weighted by Crippen LogP contribution is 2.34. The Bertz CT molecular complexity index is 1370. The van der Waals surface area contributed by atoms with Crippen LogP contribution in [0, 0.1) is 0 Å². The molecule has 0 aliphatic heterocycles. The summed E-state index contributed by atoms with van der Waals surface area (Å²) in [6.07, 6.45) is 4.13. The van der Waals surface area contributed by atoms with Crippen LogP contribution in [-0.2, 0) is 16.4 Å². The maximum absolute atomic E-state index is 12.7. The highest BCUT2D eigenvalue weighted by Gasteiger charge is 2.18. The second kappa shape index (κ2) is 12.1. The Morgan fingerprint density at radius 3 is 1.73 bits per heavy atom. The summed E-state index contributed by atoms with van der Waals surface area (Å²) in [5.74, 6) is 1.16. The van der Waals surface area contributed by atoms with Crippen molar-refractivity contribution in [2.24, 2.45) is 0 Å². The topological polar surface area (TPSA) is 66.4 Å². The SMILES string of the molecule is CCC(CC(CC)c1ccc(Cc2ccc(S(=O)(=O)Nc3ccc(O)cc3)cc2)cc1)c1ccccc1. The number of anilines is 1. The number of sulfonamides is 1. The van der Waals surface area contributed by atoms with Crippen molar-refractivity contribution in [1.29, 1.82) is 0 Å². The Morgan fingerprint density at radius 2 is 1.19 bits per heavy atom. The molecule has 0 bridgehead atoms. The summed E-state index contributed by atoms with van der Waals surface area (Å²) in [6.45, 7) is 4.54. The van der Waals surface area contributed by atoms with Crippen molar-refractivity contribution in [3.05, 3.63) is 125 Å². The minimum Gasteiger partial charge on any atom is -0.508 e. The van der Waals surface area contributed by atoms with Crippen molar-refractivity contribution in [2.75, 3.05) is 4.72 Å². The Labute approximate surface area is 221 Å². The van der Waals surface area contributed by atoms with E-state index in [1.807, 2.05) is 12.1 Å². The average Bonchev–Trinajstić information content (AvgIpc) is 2.92. The molecule has 0 amide bonds. The van der Waals surface area contributed by atoms with Crippen LogP contribution in [0.2, 0.25) is 0 Å². The lowest BCUT2D eigenvalue weighted by Gasteiger charge is -2.23. The van der Waals surface area contributed by atoms with Gasteiger partial charge in [0.05, 0.1) is 4.90 Å². The van der Waals surface area contributed by atoms with Gasteiger partial charge in [0.15, 0.2) is 0 Å². The van der Waals surface area contributed by atoms with E-state index in [4.69, 9.17) is 0 Å². The normalized spacial score (nSPS) is 13.1. The van der Waals surface area contributed by atoms with Crippen LogP contribution >= 0.6 is 0 Å². The summed E-state index contributed by atoms with van der Waals surface area (Å²) < 4.78 is 27.9. The van der Waals surface area contributed by atoms with E-state index in [9.17, 15) is 13.5 Å². The molecule has 4 nitrogen and oxygen atoms in total. The van der Waals surface area contributed by atoms with Gasteiger partial charge in [0.1, 0.15) is 5.75 Å². The Kier molecular flexibility index (Phi) is 8.67. The number of benzene rings is 4. The molecule has 0 aliphatic carbocycles. The van der Waals surface area contributed by atoms with Gasteiger partial charge in [-0.1, -0.05) is 80.6 Å². The number of phenols is 1. The zero-order chi connectivity index (χ0) is 26.3. The van der Waals surface area contributed by atoms with Crippen molar-refractivity contribution in [2.45, 2.75) is 56.3 Å². The quantitative estimate of drug-likeness (QED) is 0.201. The van der Waals surface area contributed by atoms with Gasteiger partial charge in [0.25, 0.3) is 10.0 Å². The van der Waals surface area contributed by atoms with Crippen molar-refractivity contribution >= 4 is 15.7 Å². The first-order valence-electron chi connectivity index (χ1n) is 12.9. The number of aromatic hydroxyl groups is 1. The molecule has 0 radical (unpaired) electrons. The third-order valence-electron chi connectivity index (χ3n) is 7.04. The zero-order valence-electron chi connectivity index (χ0n) is 21.5. The minimum absolute atomic E-state index is 0.0860. The van der Waals surface area contributed by atoms with Gasteiger partial charge in [0, 0.05) is 5.69 Å². The van der Waals surface area contributed by atoms with Gasteiger partial charge in [-0.05, 0) is 96.2 Å². The number of hydrogen-bond donors (Lipinski definition) is 2. The number of nitrogens with one attached hydrogen (secondary N) is 1. The molecular weight excluding hydrogens is 478 g/mol. The predicted octanol–water partition coefficient (Wildman–Crippen LogP) is 7.86. The van der Waals surface area contributed by atoms with E-state index < -0.39 is 10.0 Å². The fraction of sp³-hybridized carbons (Fsp3) is 0.250. The largest absolute Gasteiger partial charge is 0.508 e. The van der Waals surface area contributed by atoms with Gasteiger partial charge in [-0.3, -0.25) is 4.72 Å². The molecule has 37 heavy (non-hydrogen) atoms. The van der Waals surface area contributed by atoms with E-state index in [0.717, 1.165) is 31.2 Å². The van der Waals surface area contributed by atoms with Crippen LogP contribution in [0.25, 0.3) is 0 Å². The predicted molar refractivity (Wildman–Crippen MR) is 152 cm³/mol. The Hall–Kier alpha value is -3.57. The molecular formula is C32H35NO3S. The molecule has 4 rings (SSSR count). The number of rotatable bonds is 11. The highest BCUT2D eigenvalue weighted by molar-refractivity contribution is 7.92. The van der Waals surface area contributed by atoms with Gasteiger partial charge >= 0.3 is 0 Å². The fourth-order valence-corrected chi connectivity index (χ4v) is 5.88. The lowest BCUT2D eigenvalue weighted by molar-refractivity contribution is 0.475. The Balaban J connectivity index is 1.40. The first kappa shape index (κ1) is 26.5. The van der Waals surface area contributed by atoms with E-state index >= 15 is 0 Å². The minimum atomic E-state index is -3.70. The Morgan fingerprint density at radius 1 is 0.676 bits per heavy atom. The first-order chi connectivity index (χ1) is 17.9. The molecule has 2 unspecified atom stereocenters. The maximum atomic E-state index is 12.7. The van der Waals surface area contributed by atoms with Gasteiger partial charge in [-0.25, -0.2) is 8.42 Å². The van der Waals surface area contributed by atoms with Crippen LogP contribution in [0.5, 0.6) is 5.75 Å². The van der Waals surface area contributed by atoms with E-state index in [2.05, 4.69) is 73.2 Å². The summed E-state index contributed by atoms with van der Waals surface area (Å²) in [4.78, 5) is 0.203. The molecule has 192 valence electrons. The van der Waals surface area contributed by atoms with Crippen LogP contribution < -0.4 is 4.72 Å². The molecule has 0 fully saturated rings. The summed E-state index contributed by atoms with van der Waals surface area (Å²) in [5, 5.41) is 9.39. The molecule has 0 spiro atoms. The standard InChI is InChI=1S/C32H35NO3S/c1-3-26(28-8-6-5-7-9-28)23-27(4-2)29-14-10-24(11-15-29)22-25-12-20-32(21-13-25)37(35,36)33-30-16-18-31(34)19-17-30/h5-21,26-27,33-34H,3-4,22-23H2,1-2H3. The molecule has 0 heterocycles. The molecule has 0 aromatic heterocycles. The van der Waals surface area contributed by atoms with Crippen LogP contribution in [0.1, 0.15) is 67.2 Å². The summed E-state index contributed by atoms with van der Waals surface area (Å²) >= 11 is 0. The van der Waals surface area contributed by atoms with Gasteiger partial charge < -0.3 is 5.11 Å². The van der Waals surface area contributed by atoms with Crippen molar-refractivity contribution in [1.82, 2.24) is 0 Å². The first-order valence-corrected chi connectivity index (χ1v) is 14.4. The summed E-state index contributed by atoms with van der Waals surface area (Å²) in [5.41, 5.74) is 5.46. The van der Waals surface area contributed by atoms with Crippen LogP contribution in [0.4, 0.5) is 5.69 Å². The van der Waals surface area contributed by atoms with Crippen LogP contribution in [-0.4, -0.2) is 13.5 Å². The van der Waals surface area contributed by atoms with Gasteiger partial charge in [-0.2, -0.15) is 0 Å². The van der Waals surface area contributed by atoms with E-state index in [1.54, 1.807) is 12.1 Å². The highest BCUT2D eigenvalue weighted by atomic mass is 32.2. The van der Waals surface area contributed by atoms with Gasteiger partial charge in [-0.15, -0.1) is 0 Å². The summed E-state index contributed by atoms with van der Waals surface area (Å²) in [6, 6.07) is 32.6. The average molecular weight is 514 g/mol. The molecule has 2 N–H and O–H groups in total. The van der Waals surface area contributed by atoms with Crippen molar-refractivity contribution in [3.8, 4) is 5.75 Å². The molecule has 5 heteroatoms. The molecule has 0 saturated heterocycles. The second-order valence-electron chi connectivity index (χ2n) is 9.57. The van der Waals surface area contributed by atoms with E-state index in [1.165, 1.54) is 41.0 Å². The third kappa shape index (κ3) is 7.01. The van der Waals surface area contributed by atoms with Gasteiger partial charge in [0.2, 0.25) is 0 Å². The van der Waals surface area contributed by atoms with Crippen LogP contribution in [0.3, 0.4) is 0 Å². The number of phenolic OH excluding ortho intramolecular Hbond substituents is 1. The molecule has 4 aromatic rings. The summed E-state index contributed by atoms with van der Waals surface area (Å²) in [7, 11) is -3.70. The molecule has 0 saturated carbocycles. The van der Waals surface area contributed by atoms with Crippen molar-refractivity contribution < 1.29 is 13.5 Å². The smallest absolute Gasteiger partial charge is 0.261 e. The van der Waals surface area contributed by atoms with Crippen molar-refractivity contribution in [3.63, 3.8) is 0 Å². The zero-order valence-corrected chi connectivity index (χ0v) is 22.3. The monoisotopic (exact) mass is 513 g/mol. The second-order valence-corrected chi connectivity index (χ2v) is 11.3. The lowest BCUT2D eigenvalue weighted by atomic mass is 9.82. The van der Waals surface area contributed by atoms with E-state index in [-0.39, 0.29) is 10.6 Å². The lowest BCUT2D eigenvalue weighted by Crippen LogP contribution is -2.12. The van der Waals surface area contributed by atoms with Crippen LogP contribution in [0.15, 0.2) is 108 Å². The van der Waals surface area contributed by atoms with E-state index in [0.29, 0.717) is 17.5 Å². The molecule has 4 aromatic carbocycles. The third-order valence-corrected chi connectivity index (χ3v) is 8.44. The number of hydrogen-bond acceptors (Lipinski definition) is 3.